The van der Waals surface area contributed by atoms with E-state index in [0.29, 0.717) is 36.2 Å². The lowest BCUT2D eigenvalue weighted by Crippen LogP contribution is -2.53. The van der Waals surface area contributed by atoms with E-state index in [9.17, 15) is 23.1 Å². The summed E-state index contributed by atoms with van der Waals surface area (Å²) in [6.45, 7) is 10.5. The summed E-state index contributed by atoms with van der Waals surface area (Å²) in [6.07, 6.45) is 2.10. The Morgan fingerprint density at radius 3 is 2.36 bits per heavy atom. The Bertz CT molecular complexity index is 1660. The third kappa shape index (κ3) is 5.05. The number of fused-ring (bicyclic) bond motifs is 2. The molecular formula is C34H40N2O5S. The van der Waals surface area contributed by atoms with Gasteiger partial charge in [-0.05, 0) is 64.3 Å². The van der Waals surface area contributed by atoms with E-state index in [2.05, 4.69) is 34.6 Å². The smallest absolute Gasteiger partial charge is 0.244 e. The first-order valence-corrected chi connectivity index (χ1v) is 16.4. The molecule has 0 bridgehead atoms. The highest BCUT2D eigenvalue weighted by molar-refractivity contribution is 7.90. The zero-order valence-corrected chi connectivity index (χ0v) is 26.0. The largest absolute Gasteiger partial charge is 0.392 e. The van der Waals surface area contributed by atoms with Gasteiger partial charge in [0, 0.05) is 24.9 Å². The lowest BCUT2D eigenvalue weighted by atomic mass is 9.71. The van der Waals surface area contributed by atoms with Crippen molar-refractivity contribution >= 4 is 33.0 Å². The molecule has 0 radical (unpaired) electrons. The van der Waals surface area contributed by atoms with Crippen LogP contribution in [0.4, 0.5) is 11.4 Å². The maximum Gasteiger partial charge on any atom is 0.244 e. The lowest BCUT2D eigenvalue weighted by molar-refractivity contribution is -0.136. The van der Waals surface area contributed by atoms with Gasteiger partial charge in [0.1, 0.15) is 0 Å². The molecule has 2 aliphatic heterocycles. The van der Waals surface area contributed by atoms with E-state index in [0.717, 1.165) is 23.1 Å². The highest BCUT2D eigenvalue weighted by atomic mass is 32.2. The van der Waals surface area contributed by atoms with Crippen molar-refractivity contribution in [2.24, 2.45) is 11.3 Å². The number of para-hydroxylation sites is 1. The molecular weight excluding hydrogens is 548 g/mol. The topological polar surface area (TPSA) is 95.0 Å². The van der Waals surface area contributed by atoms with Crippen LogP contribution in [0.5, 0.6) is 0 Å². The van der Waals surface area contributed by atoms with Crippen LogP contribution in [0, 0.1) is 11.3 Å². The molecule has 1 unspecified atom stereocenters. The summed E-state index contributed by atoms with van der Waals surface area (Å²) in [7, 11) is -3.56. The Balaban J connectivity index is 1.60. The molecule has 0 aliphatic carbocycles. The molecule has 2 heterocycles. The van der Waals surface area contributed by atoms with Crippen molar-refractivity contribution in [2.75, 3.05) is 17.7 Å². The molecule has 2 atom stereocenters. The minimum absolute atomic E-state index is 0.0435. The molecule has 1 spiro atoms. The van der Waals surface area contributed by atoms with Gasteiger partial charge in [-0.25, -0.2) is 8.42 Å². The van der Waals surface area contributed by atoms with Crippen LogP contribution in [0.25, 0.3) is 11.1 Å². The molecule has 3 aromatic carbocycles. The summed E-state index contributed by atoms with van der Waals surface area (Å²) >= 11 is 0. The van der Waals surface area contributed by atoms with Crippen LogP contribution < -0.4 is 4.90 Å². The molecule has 1 N–H and O–H groups in total. The maximum atomic E-state index is 14.8. The maximum absolute atomic E-state index is 14.8. The first-order chi connectivity index (χ1) is 19.7. The second-order valence-electron chi connectivity index (χ2n) is 13.2. The number of hydrogen-bond donors (Lipinski definition) is 1. The number of likely N-dealkylation sites (tertiary alicyclic amines) is 1. The van der Waals surface area contributed by atoms with E-state index in [1.807, 2.05) is 53.4 Å². The fourth-order valence-electron chi connectivity index (χ4n) is 6.90. The van der Waals surface area contributed by atoms with Gasteiger partial charge in [-0.15, -0.1) is 0 Å². The Labute approximate surface area is 249 Å². The van der Waals surface area contributed by atoms with Gasteiger partial charge in [0.25, 0.3) is 0 Å². The molecule has 5 rings (SSSR count). The molecule has 7 nitrogen and oxygen atoms in total. The number of benzene rings is 3. The van der Waals surface area contributed by atoms with Gasteiger partial charge in [-0.2, -0.15) is 0 Å². The second kappa shape index (κ2) is 10.7. The van der Waals surface area contributed by atoms with E-state index in [-0.39, 0.29) is 40.7 Å². The zero-order chi connectivity index (χ0) is 30.6. The van der Waals surface area contributed by atoms with Crippen molar-refractivity contribution in [3.8, 4) is 11.1 Å². The molecule has 0 saturated carbocycles. The van der Waals surface area contributed by atoms with Crippen LogP contribution in [0.2, 0.25) is 0 Å². The molecule has 42 heavy (non-hydrogen) atoms. The van der Waals surface area contributed by atoms with Crippen molar-refractivity contribution in [3.63, 3.8) is 0 Å². The Hall–Kier alpha value is -3.49. The van der Waals surface area contributed by atoms with Crippen molar-refractivity contribution < 1.29 is 23.1 Å². The number of hydrogen-bond acceptors (Lipinski definition) is 5. The van der Waals surface area contributed by atoms with Crippen LogP contribution in [0.3, 0.4) is 0 Å². The molecule has 2 aliphatic rings. The summed E-state index contributed by atoms with van der Waals surface area (Å²) in [5.41, 5.74) is 3.17. The lowest BCUT2D eigenvalue weighted by Gasteiger charge is -2.38. The average Bonchev–Trinajstić information content (AvgIpc) is 3.44. The first-order valence-electron chi connectivity index (χ1n) is 14.5. The van der Waals surface area contributed by atoms with Crippen LogP contribution in [-0.4, -0.2) is 49.1 Å². The van der Waals surface area contributed by atoms with Crippen LogP contribution in [0.1, 0.15) is 58.6 Å². The summed E-state index contributed by atoms with van der Waals surface area (Å²) in [6, 6.07) is 20.1. The van der Waals surface area contributed by atoms with Gasteiger partial charge in [0.2, 0.25) is 11.8 Å². The number of carbonyl (C=O) groups is 2. The predicted octanol–water partition coefficient (Wildman–Crippen LogP) is 5.86. The fraction of sp³-hybridized carbons (Fsp3) is 0.412. The summed E-state index contributed by atoms with van der Waals surface area (Å²) in [4.78, 5) is 32.1. The van der Waals surface area contributed by atoms with Gasteiger partial charge >= 0.3 is 0 Å². The molecule has 8 heteroatoms. The summed E-state index contributed by atoms with van der Waals surface area (Å²) in [5, 5.41) is 9.69. The number of rotatable bonds is 6. The number of amides is 2. The van der Waals surface area contributed by atoms with E-state index < -0.39 is 15.3 Å². The van der Waals surface area contributed by atoms with E-state index >= 15 is 0 Å². The Kier molecular flexibility index (Phi) is 7.60. The Morgan fingerprint density at radius 1 is 1.02 bits per heavy atom. The molecule has 1 fully saturated rings. The Morgan fingerprint density at radius 2 is 1.71 bits per heavy atom. The monoisotopic (exact) mass is 588 g/mol. The third-order valence-electron chi connectivity index (χ3n) is 8.51. The molecule has 2 amide bonds. The van der Waals surface area contributed by atoms with Crippen LogP contribution in [-0.2, 0) is 31.4 Å². The molecule has 3 aromatic rings. The highest BCUT2D eigenvalue weighted by Crippen LogP contribution is 2.55. The van der Waals surface area contributed by atoms with Crippen LogP contribution in [0.15, 0.2) is 71.6 Å². The quantitative estimate of drug-likeness (QED) is 0.389. The van der Waals surface area contributed by atoms with Crippen molar-refractivity contribution in [2.45, 2.75) is 70.4 Å². The predicted molar refractivity (Wildman–Crippen MR) is 165 cm³/mol. The minimum Gasteiger partial charge on any atom is -0.392 e. The molecule has 222 valence electrons. The van der Waals surface area contributed by atoms with Gasteiger partial charge in [-0.3, -0.25) is 14.5 Å². The first kappa shape index (κ1) is 30.0. The van der Waals surface area contributed by atoms with Crippen molar-refractivity contribution in [1.82, 2.24) is 4.90 Å². The third-order valence-corrected chi connectivity index (χ3v) is 9.69. The number of carbonyl (C=O) groups excluding carboxylic acids is 2. The average molecular weight is 589 g/mol. The van der Waals surface area contributed by atoms with Gasteiger partial charge in [0.05, 0.1) is 28.6 Å². The number of sulfone groups is 1. The fourth-order valence-corrected chi connectivity index (χ4v) is 7.85. The van der Waals surface area contributed by atoms with E-state index in [1.54, 1.807) is 23.1 Å². The van der Waals surface area contributed by atoms with Gasteiger partial charge in [-0.1, -0.05) is 77.1 Å². The SMILES string of the molecule is CC(C)C1N(C(=O)CC(C)(C)C)CC[C@@]12C(=O)N(c1cccc(-c3ccc(CO)c(S(C)(=O)=O)c3)c1)c1ccccc12. The van der Waals surface area contributed by atoms with E-state index in [4.69, 9.17) is 0 Å². The van der Waals surface area contributed by atoms with Crippen molar-refractivity contribution in [3.05, 3.63) is 77.9 Å². The normalized spacial score (nSPS) is 20.6. The summed E-state index contributed by atoms with van der Waals surface area (Å²) < 4.78 is 24.9. The van der Waals surface area contributed by atoms with E-state index in [1.165, 1.54) is 0 Å². The molecule has 0 aromatic heterocycles. The van der Waals surface area contributed by atoms with Crippen LogP contribution >= 0.6 is 0 Å². The number of aliphatic hydroxyl groups excluding tert-OH is 1. The molecule has 1 saturated heterocycles. The number of aliphatic hydroxyl groups is 1. The van der Waals surface area contributed by atoms with Crippen molar-refractivity contribution in [1.29, 1.82) is 0 Å². The zero-order valence-electron chi connectivity index (χ0n) is 25.2. The van der Waals surface area contributed by atoms with Gasteiger partial charge in [0.15, 0.2) is 9.84 Å². The second-order valence-corrected chi connectivity index (χ2v) is 15.2. The highest BCUT2D eigenvalue weighted by Gasteiger charge is 2.62. The summed E-state index contributed by atoms with van der Waals surface area (Å²) in [5.74, 6) is 0.0917. The minimum atomic E-state index is -3.56. The van der Waals surface area contributed by atoms with Gasteiger partial charge < -0.3 is 10.0 Å². The number of nitrogens with zero attached hydrogens (tertiary/aromatic N) is 2. The number of anilines is 2. The standard InChI is InChI=1S/C34H40N2O5S/c1-22(2)31-34(16-17-35(31)30(38)20-33(3,4)5)27-12-7-8-13-28(27)36(32(34)39)26-11-9-10-23(18-26)24-14-15-25(21-37)29(19-24)42(6,40)41/h7-15,18-19,22,31,37H,16-17,20-21H2,1-6H3/t31?,34-/m0/s1.